The van der Waals surface area contributed by atoms with Gasteiger partial charge in [0.05, 0.1) is 17.6 Å². The fourth-order valence-electron chi connectivity index (χ4n) is 2.61. The first-order chi connectivity index (χ1) is 9.91. The van der Waals surface area contributed by atoms with Gasteiger partial charge < -0.3 is 5.11 Å². The standard InChI is InChI=1S/C15H20ClNO3S/c1-2-8-17(14-7-9-21(19,20)11-14)10-15(18)12-3-5-13(16)6-4-12/h2-6,14-15,18H,1,7-11H2. The Morgan fingerprint density at radius 3 is 2.62 bits per heavy atom. The minimum atomic E-state index is -2.94. The molecule has 0 radical (unpaired) electrons. The van der Waals surface area contributed by atoms with Gasteiger partial charge in [0.15, 0.2) is 9.84 Å². The van der Waals surface area contributed by atoms with Crippen molar-refractivity contribution in [1.82, 2.24) is 4.90 Å². The van der Waals surface area contributed by atoms with E-state index in [0.29, 0.717) is 24.5 Å². The Morgan fingerprint density at radius 1 is 1.43 bits per heavy atom. The summed E-state index contributed by atoms with van der Waals surface area (Å²) in [6, 6.07) is 6.99. The Bertz CT molecular complexity index is 585. The predicted molar refractivity (Wildman–Crippen MR) is 85.2 cm³/mol. The van der Waals surface area contributed by atoms with E-state index in [0.717, 1.165) is 5.56 Å². The molecule has 4 nitrogen and oxygen atoms in total. The fourth-order valence-corrected chi connectivity index (χ4v) is 4.50. The molecule has 2 atom stereocenters. The van der Waals surface area contributed by atoms with Crippen molar-refractivity contribution < 1.29 is 13.5 Å². The Hall–Kier alpha value is -0.880. The molecule has 0 aliphatic carbocycles. The molecule has 0 saturated carbocycles. The van der Waals surface area contributed by atoms with Gasteiger partial charge in [-0.1, -0.05) is 29.8 Å². The summed E-state index contributed by atoms with van der Waals surface area (Å²) in [5.74, 6) is 0.385. The highest BCUT2D eigenvalue weighted by Crippen LogP contribution is 2.22. The second-order valence-corrected chi connectivity index (χ2v) is 8.03. The third kappa shape index (κ3) is 4.54. The van der Waals surface area contributed by atoms with Crippen LogP contribution in [-0.2, 0) is 9.84 Å². The van der Waals surface area contributed by atoms with E-state index in [1.807, 2.05) is 4.90 Å². The van der Waals surface area contributed by atoms with E-state index in [2.05, 4.69) is 6.58 Å². The van der Waals surface area contributed by atoms with Crippen LogP contribution in [0.3, 0.4) is 0 Å². The molecule has 116 valence electrons. The van der Waals surface area contributed by atoms with Crippen LogP contribution in [-0.4, -0.2) is 49.1 Å². The first-order valence-corrected chi connectivity index (χ1v) is 9.10. The maximum Gasteiger partial charge on any atom is 0.151 e. The van der Waals surface area contributed by atoms with Crippen molar-refractivity contribution in [3.05, 3.63) is 47.5 Å². The van der Waals surface area contributed by atoms with Gasteiger partial charge in [0.2, 0.25) is 0 Å². The summed E-state index contributed by atoms with van der Waals surface area (Å²) in [4.78, 5) is 1.98. The third-order valence-corrected chi connectivity index (χ3v) is 5.75. The van der Waals surface area contributed by atoms with Crippen LogP contribution >= 0.6 is 11.6 Å². The average molecular weight is 330 g/mol. The lowest BCUT2D eigenvalue weighted by atomic mass is 10.1. The molecule has 1 heterocycles. The lowest BCUT2D eigenvalue weighted by Gasteiger charge is -2.29. The topological polar surface area (TPSA) is 57.6 Å². The second-order valence-electron chi connectivity index (χ2n) is 5.37. The van der Waals surface area contributed by atoms with Crippen LogP contribution < -0.4 is 0 Å². The maximum absolute atomic E-state index is 11.6. The molecule has 2 rings (SSSR count). The quantitative estimate of drug-likeness (QED) is 0.812. The summed E-state index contributed by atoms with van der Waals surface area (Å²) < 4.78 is 23.2. The zero-order valence-corrected chi connectivity index (χ0v) is 13.4. The molecule has 1 aromatic carbocycles. The van der Waals surface area contributed by atoms with Gasteiger partial charge in [-0.3, -0.25) is 4.90 Å². The number of aliphatic hydroxyl groups excluding tert-OH is 1. The van der Waals surface area contributed by atoms with Crippen molar-refractivity contribution in [1.29, 1.82) is 0 Å². The highest BCUT2D eigenvalue weighted by Gasteiger charge is 2.32. The van der Waals surface area contributed by atoms with E-state index in [1.54, 1.807) is 30.3 Å². The van der Waals surface area contributed by atoms with E-state index in [1.165, 1.54) is 0 Å². The first kappa shape index (κ1) is 16.5. The summed E-state index contributed by atoms with van der Waals surface area (Å²) in [5, 5.41) is 11.0. The minimum absolute atomic E-state index is 0.0463. The van der Waals surface area contributed by atoms with Gasteiger partial charge in [-0.15, -0.1) is 6.58 Å². The molecule has 0 amide bonds. The molecule has 1 aromatic rings. The van der Waals surface area contributed by atoms with Crippen LogP contribution in [0, 0.1) is 0 Å². The van der Waals surface area contributed by atoms with Crippen molar-refractivity contribution in [2.45, 2.75) is 18.6 Å². The van der Waals surface area contributed by atoms with Gasteiger partial charge in [-0.25, -0.2) is 8.42 Å². The number of aliphatic hydroxyl groups is 1. The van der Waals surface area contributed by atoms with Gasteiger partial charge in [0.25, 0.3) is 0 Å². The van der Waals surface area contributed by atoms with Crippen molar-refractivity contribution >= 4 is 21.4 Å². The molecule has 1 saturated heterocycles. The predicted octanol–water partition coefficient (Wildman–Crippen LogP) is 2.05. The highest BCUT2D eigenvalue weighted by atomic mass is 35.5. The Labute approximate surface area is 131 Å². The number of halogens is 1. The van der Waals surface area contributed by atoms with Crippen molar-refractivity contribution in [2.75, 3.05) is 24.6 Å². The van der Waals surface area contributed by atoms with Gasteiger partial charge in [-0.2, -0.15) is 0 Å². The first-order valence-electron chi connectivity index (χ1n) is 6.90. The molecule has 1 N–H and O–H groups in total. The highest BCUT2D eigenvalue weighted by molar-refractivity contribution is 7.91. The van der Waals surface area contributed by atoms with Crippen molar-refractivity contribution in [2.24, 2.45) is 0 Å². The molecule has 1 aliphatic heterocycles. The van der Waals surface area contributed by atoms with E-state index >= 15 is 0 Å². The van der Waals surface area contributed by atoms with Crippen molar-refractivity contribution in [3.8, 4) is 0 Å². The van der Waals surface area contributed by atoms with Crippen LogP contribution in [0.25, 0.3) is 0 Å². The summed E-state index contributed by atoms with van der Waals surface area (Å²) in [5.41, 5.74) is 0.773. The number of hydrogen-bond acceptors (Lipinski definition) is 4. The number of sulfone groups is 1. The van der Waals surface area contributed by atoms with Gasteiger partial charge in [0, 0.05) is 24.2 Å². The monoisotopic (exact) mass is 329 g/mol. The van der Waals surface area contributed by atoms with Crippen LogP contribution in [0.5, 0.6) is 0 Å². The normalized spacial score (nSPS) is 22.3. The van der Waals surface area contributed by atoms with Crippen LogP contribution in [0.1, 0.15) is 18.1 Å². The van der Waals surface area contributed by atoms with Crippen LogP contribution in [0.15, 0.2) is 36.9 Å². The smallest absolute Gasteiger partial charge is 0.151 e. The fraction of sp³-hybridized carbons (Fsp3) is 0.467. The van der Waals surface area contributed by atoms with Gasteiger partial charge >= 0.3 is 0 Å². The largest absolute Gasteiger partial charge is 0.387 e. The molecule has 0 spiro atoms. The summed E-state index contributed by atoms with van der Waals surface area (Å²) >= 11 is 5.83. The molecule has 1 aliphatic rings. The SMILES string of the molecule is C=CCN(CC(O)c1ccc(Cl)cc1)C1CCS(=O)(=O)C1. The second kappa shape index (κ2) is 6.92. The molecule has 21 heavy (non-hydrogen) atoms. The van der Waals surface area contributed by atoms with Crippen molar-refractivity contribution in [3.63, 3.8) is 0 Å². The lowest BCUT2D eigenvalue weighted by molar-refractivity contribution is 0.100. The summed E-state index contributed by atoms with van der Waals surface area (Å²) in [6.07, 6.45) is 1.67. The average Bonchev–Trinajstić information content (AvgIpc) is 2.79. The molecular formula is C15H20ClNO3S. The van der Waals surface area contributed by atoms with E-state index < -0.39 is 15.9 Å². The Morgan fingerprint density at radius 2 is 2.10 bits per heavy atom. The Balaban J connectivity index is 2.05. The van der Waals surface area contributed by atoms with Crippen LogP contribution in [0.2, 0.25) is 5.02 Å². The maximum atomic E-state index is 11.6. The molecule has 0 bridgehead atoms. The summed E-state index contributed by atoms with van der Waals surface area (Å²) in [6.45, 7) is 4.65. The lowest BCUT2D eigenvalue weighted by Crippen LogP contribution is -2.39. The van der Waals surface area contributed by atoms with Gasteiger partial charge in [0.1, 0.15) is 0 Å². The van der Waals surface area contributed by atoms with Gasteiger partial charge in [-0.05, 0) is 24.1 Å². The van der Waals surface area contributed by atoms with Crippen LogP contribution in [0.4, 0.5) is 0 Å². The third-order valence-electron chi connectivity index (χ3n) is 3.75. The zero-order valence-electron chi connectivity index (χ0n) is 11.8. The summed E-state index contributed by atoms with van der Waals surface area (Å²) in [7, 11) is -2.94. The van der Waals surface area contributed by atoms with E-state index in [4.69, 9.17) is 11.6 Å². The number of benzene rings is 1. The molecule has 1 fully saturated rings. The molecule has 2 unspecified atom stereocenters. The van der Waals surface area contributed by atoms with E-state index in [-0.39, 0.29) is 17.5 Å². The minimum Gasteiger partial charge on any atom is -0.387 e. The van der Waals surface area contributed by atoms with E-state index in [9.17, 15) is 13.5 Å². The molecule has 6 heteroatoms. The number of rotatable bonds is 6. The number of hydrogen-bond donors (Lipinski definition) is 1. The zero-order chi connectivity index (χ0) is 15.5. The molecule has 0 aromatic heterocycles. The number of nitrogens with zero attached hydrogens (tertiary/aromatic N) is 1. The molecular weight excluding hydrogens is 310 g/mol. The Kier molecular flexibility index (Phi) is 5.43.